The van der Waals surface area contributed by atoms with E-state index in [1.54, 1.807) is 0 Å². The average Bonchev–Trinajstić information content (AvgIpc) is 2.53. The van der Waals surface area contributed by atoms with Gasteiger partial charge >= 0.3 is 0 Å². The van der Waals surface area contributed by atoms with Gasteiger partial charge in [-0.05, 0) is 24.8 Å². The highest BCUT2D eigenvalue weighted by atomic mass is 16.3. The number of fused-ring (bicyclic) bond motifs is 1. The fraction of sp³-hybridized carbons (Fsp3) is 0.333. The van der Waals surface area contributed by atoms with Crippen molar-refractivity contribution < 1.29 is 10.2 Å². The highest BCUT2D eigenvalue weighted by Gasteiger charge is 2.22. The Labute approximate surface area is 75.1 Å². The van der Waals surface area contributed by atoms with Crippen LogP contribution < -0.4 is 0 Å². The fourth-order valence-corrected chi connectivity index (χ4v) is 1.74. The van der Waals surface area contributed by atoms with E-state index in [9.17, 15) is 10.2 Å². The molecule has 2 N–H and O–H groups in total. The summed E-state index contributed by atoms with van der Waals surface area (Å²) in [7, 11) is 0. The van der Waals surface area contributed by atoms with Gasteiger partial charge in [0.05, 0.1) is 0 Å². The molecule has 0 amide bonds. The van der Waals surface area contributed by atoms with Crippen molar-refractivity contribution in [1.29, 1.82) is 5.26 Å². The molecule has 4 heteroatoms. The highest BCUT2D eigenvalue weighted by molar-refractivity contribution is 5.53. The van der Waals surface area contributed by atoms with Gasteiger partial charge in [0, 0.05) is 5.56 Å². The normalized spacial score (nSPS) is 13.8. The van der Waals surface area contributed by atoms with E-state index in [0.29, 0.717) is 5.56 Å². The smallest absolute Gasteiger partial charge is 0.232 e. The molecule has 66 valence electrons. The molecule has 1 heterocycles. The summed E-state index contributed by atoms with van der Waals surface area (Å²) >= 11 is 0. The monoisotopic (exact) mass is 176 g/mol. The third-order valence-corrected chi connectivity index (χ3v) is 2.34. The predicted molar refractivity (Wildman–Crippen MR) is 44.3 cm³/mol. The van der Waals surface area contributed by atoms with Gasteiger partial charge in [-0.2, -0.15) is 10.2 Å². The van der Waals surface area contributed by atoms with Crippen molar-refractivity contribution in [1.82, 2.24) is 4.98 Å². The molecule has 13 heavy (non-hydrogen) atoms. The maximum atomic E-state index is 9.35. The summed E-state index contributed by atoms with van der Waals surface area (Å²) in [6, 6.07) is 1.90. The molecule has 1 aromatic rings. The first-order chi connectivity index (χ1) is 6.24. The molecule has 0 saturated heterocycles. The van der Waals surface area contributed by atoms with E-state index < -0.39 is 0 Å². The predicted octanol–water partition coefficient (Wildman–Crippen LogP) is 0.853. The summed E-state index contributed by atoms with van der Waals surface area (Å²) in [5.74, 6) is -0.496. The largest absolute Gasteiger partial charge is 0.493 e. The molecule has 0 spiro atoms. The number of aromatic nitrogens is 1. The van der Waals surface area contributed by atoms with Crippen molar-refractivity contribution in [3.63, 3.8) is 0 Å². The van der Waals surface area contributed by atoms with Crippen LogP contribution in [0.2, 0.25) is 0 Å². The second-order valence-corrected chi connectivity index (χ2v) is 3.06. The van der Waals surface area contributed by atoms with Crippen molar-refractivity contribution >= 4 is 0 Å². The van der Waals surface area contributed by atoms with Crippen LogP contribution in [0.1, 0.15) is 23.1 Å². The first-order valence-corrected chi connectivity index (χ1v) is 4.08. The van der Waals surface area contributed by atoms with Crippen LogP contribution in [0.5, 0.6) is 11.8 Å². The highest BCUT2D eigenvalue weighted by Crippen LogP contribution is 2.34. The molecule has 0 aliphatic heterocycles. The van der Waals surface area contributed by atoms with Crippen molar-refractivity contribution in [3.05, 3.63) is 16.7 Å². The lowest BCUT2D eigenvalue weighted by Crippen LogP contribution is -1.93. The molecule has 0 radical (unpaired) electrons. The van der Waals surface area contributed by atoms with E-state index in [2.05, 4.69) is 4.98 Å². The number of aromatic hydroxyl groups is 2. The summed E-state index contributed by atoms with van der Waals surface area (Å²) in [5, 5.41) is 27.4. The fourth-order valence-electron chi connectivity index (χ4n) is 1.74. The lowest BCUT2D eigenvalue weighted by molar-refractivity contribution is 0.408. The van der Waals surface area contributed by atoms with E-state index in [1.165, 1.54) is 0 Å². The molecule has 1 aliphatic rings. The Morgan fingerprint density at radius 1 is 1.15 bits per heavy atom. The zero-order valence-electron chi connectivity index (χ0n) is 6.91. The van der Waals surface area contributed by atoms with E-state index in [-0.39, 0.29) is 17.3 Å². The summed E-state index contributed by atoms with van der Waals surface area (Å²) < 4.78 is 0. The van der Waals surface area contributed by atoms with Crippen LogP contribution in [0.4, 0.5) is 0 Å². The molecule has 0 unspecified atom stereocenters. The Morgan fingerprint density at radius 3 is 2.54 bits per heavy atom. The van der Waals surface area contributed by atoms with Gasteiger partial charge in [-0.3, -0.25) is 0 Å². The van der Waals surface area contributed by atoms with Crippen LogP contribution in [0.3, 0.4) is 0 Å². The van der Waals surface area contributed by atoms with Gasteiger partial charge in [-0.15, -0.1) is 0 Å². The van der Waals surface area contributed by atoms with E-state index in [0.717, 1.165) is 24.8 Å². The zero-order chi connectivity index (χ0) is 9.42. The van der Waals surface area contributed by atoms with Crippen molar-refractivity contribution in [3.8, 4) is 17.8 Å². The van der Waals surface area contributed by atoms with Gasteiger partial charge in [0.25, 0.3) is 0 Å². The van der Waals surface area contributed by atoms with Crippen LogP contribution in [0, 0.1) is 11.3 Å². The quantitative estimate of drug-likeness (QED) is 0.614. The average molecular weight is 176 g/mol. The Balaban J connectivity index is 2.74. The van der Waals surface area contributed by atoms with Gasteiger partial charge in [-0.25, -0.2) is 0 Å². The van der Waals surface area contributed by atoms with Crippen molar-refractivity contribution in [2.75, 3.05) is 0 Å². The Bertz CT molecular complexity index is 407. The number of rotatable bonds is 0. The number of pyridine rings is 1. The Hall–Kier alpha value is -1.76. The van der Waals surface area contributed by atoms with Crippen LogP contribution in [0.25, 0.3) is 0 Å². The first-order valence-electron chi connectivity index (χ1n) is 4.08. The third kappa shape index (κ3) is 1.01. The van der Waals surface area contributed by atoms with Crippen molar-refractivity contribution in [2.45, 2.75) is 19.3 Å². The molecule has 0 aromatic carbocycles. The second-order valence-electron chi connectivity index (χ2n) is 3.06. The van der Waals surface area contributed by atoms with Crippen LogP contribution in [-0.2, 0) is 12.8 Å². The minimum absolute atomic E-state index is 0.135. The molecule has 1 aromatic heterocycles. The first kappa shape index (κ1) is 7.87. The van der Waals surface area contributed by atoms with Gasteiger partial charge in [0.2, 0.25) is 11.8 Å². The van der Waals surface area contributed by atoms with E-state index in [1.807, 2.05) is 6.07 Å². The minimum Gasteiger partial charge on any atom is -0.493 e. The summed E-state index contributed by atoms with van der Waals surface area (Å²) in [6.45, 7) is 0. The number of nitrogens with zero attached hydrogens (tertiary/aromatic N) is 2. The second kappa shape index (κ2) is 2.63. The maximum absolute atomic E-state index is 9.35. The molecule has 1 aliphatic carbocycles. The standard InChI is InChI=1S/C9H8N2O2/c10-4-7-5-2-1-3-6(5)8(12)11-9(7)13/h1-3H2,(H2,11,12,13). The Kier molecular flexibility index (Phi) is 1.59. The summed E-state index contributed by atoms with van der Waals surface area (Å²) in [5.41, 5.74) is 1.69. The minimum atomic E-state index is -0.361. The van der Waals surface area contributed by atoms with Crippen LogP contribution >= 0.6 is 0 Å². The molecule has 0 fully saturated rings. The summed E-state index contributed by atoms with van der Waals surface area (Å²) in [6.07, 6.45) is 2.38. The van der Waals surface area contributed by atoms with Crippen molar-refractivity contribution in [2.24, 2.45) is 0 Å². The maximum Gasteiger partial charge on any atom is 0.232 e. The van der Waals surface area contributed by atoms with Gasteiger partial charge < -0.3 is 10.2 Å². The SMILES string of the molecule is N#Cc1c(O)nc(O)c2c1CCC2. The third-order valence-electron chi connectivity index (χ3n) is 2.34. The molecular formula is C9H8N2O2. The van der Waals surface area contributed by atoms with Gasteiger partial charge in [-0.1, -0.05) is 0 Å². The number of hydrogen-bond donors (Lipinski definition) is 2. The molecule has 2 rings (SSSR count). The number of hydrogen-bond acceptors (Lipinski definition) is 4. The molecule has 4 nitrogen and oxygen atoms in total. The lowest BCUT2D eigenvalue weighted by atomic mass is 10.1. The molecule has 0 bridgehead atoms. The molecule has 0 saturated carbocycles. The van der Waals surface area contributed by atoms with Gasteiger partial charge in [0.1, 0.15) is 11.6 Å². The van der Waals surface area contributed by atoms with E-state index >= 15 is 0 Å². The number of nitriles is 1. The van der Waals surface area contributed by atoms with Crippen LogP contribution in [0.15, 0.2) is 0 Å². The summed E-state index contributed by atoms with van der Waals surface area (Å²) in [4.78, 5) is 3.50. The van der Waals surface area contributed by atoms with Gasteiger partial charge in [0.15, 0.2) is 0 Å². The molecule has 0 atom stereocenters. The zero-order valence-corrected chi connectivity index (χ0v) is 6.91. The Morgan fingerprint density at radius 2 is 1.85 bits per heavy atom. The lowest BCUT2D eigenvalue weighted by Gasteiger charge is -2.04. The topological polar surface area (TPSA) is 77.1 Å². The van der Waals surface area contributed by atoms with E-state index in [4.69, 9.17) is 5.26 Å². The van der Waals surface area contributed by atoms with Crippen LogP contribution in [-0.4, -0.2) is 15.2 Å². The molecular weight excluding hydrogens is 168 g/mol.